The number of aryl methyl sites for hydroxylation is 1. The lowest BCUT2D eigenvalue weighted by Crippen LogP contribution is -2.16. The predicted molar refractivity (Wildman–Crippen MR) is 103 cm³/mol. The van der Waals surface area contributed by atoms with Crippen LogP contribution in [-0.4, -0.2) is 26.6 Å². The molecule has 2 aromatic heterocycles. The molecule has 0 atom stereocenters. The maximum absolute atomic E-state index is 12.5. The van der Waals surface area contributed by atoms with E-state index < -0.39 is 0 Å². The second-order valence-corrected chi connectivity index (χ2v) is 5.98. The van der Waals surface area contributed by atoms with Crippen LogP contribution in [0.1, 0.15) is 39.2 Å². The van der Waals surface area contributed by atoms with Crippen LogP contribution < -0.4 is 10.6 Å². The van der Waals surface area contributed by atoms with Gasteiger partial charge in [-0.05, 0) is 55.8 Å². The molecule has 3 aromatic rings. The number of ketones is 1. The van der Waals surface area contributed by atoms with Crippen molar-refractivity contribution in [2.45, 2.75) is 20.4 Å². The van der Waals surface area contributed by atoms with E-state index in [1.165, 1.54) is 6.92 Å². The van der Waals surface area contributed by atoms with Crippen LogP contribution in [0.3, 0.4) is 0 Å². The van der Waals surface area contributed by atoms with Gasteiger partial charge in [0.15, 0.2) is 5.78 Å². The van der Waals surface area contributed by atoms with Gasteiger partial charge < -0.3 is 10.6 Å². The standard InChI is InChI=1S/C20H19N5O2/c1-13(26)16-3-5-17(6-4-16)25-20(27)18-11-19(24-14(2)23-18)22-12-15-7-9-21-10-8-15/h3-11H,12H2,1-2H3,(H,25,27)(H,22,23,24). The molecular formula is C20H19N5O2. The Morgan fingerprint density at radius 2 is 1.70 bits per heavy atom. The lowest BCUT2D eigenvalue weighted by atomic mass is 10.1. The zero-order valence-corrected chi connectivity index (χ0v) is 15.1. The molecule has 136 valence electrons. The highest BCUT2D eigenvalue weighted by molar-refractivity contribution is 6.03. The quantitative estimate of drug-likeness (QED) is 0.654. The first-order valence-electron chi connectivity index (χ1n) is 8.42. The zero-order chi connectivity index (χ0) is 19.2. The third kappa shape index (κ3) is 4.94. The van der Waals surface area contributed by atoms with Gasteiger partial charge in [-0.15, -0.1) is 0 Å². The molecule has 0 spiro atoms. The Hall–Kier alpha value is -3.61. The number of aromatic nitrogens is 3. The molecule has 1 amide bonds. The van der Waals surface area contributed by atoms with E-state index in [1.54, 1.807) is 49.6 Å². The maximum atomic E-state index is 12.5. The Balaban J connectivity index is 1.70. The normalized spacial score (nSPS) is 10.3. The van der Waals surface area contributed by atoms with Gasteiger partial charge in [0, 0.05) is 36.3 Å². The summed E-state index contributed by atoms with van der Waals surface area (Å²) >= 11 is 0. The van der Waals surface area contributed by atoms with Gasteiger partial charge in [-0.25, -0.2) is 9.97 Å². The van der Waals surface area contributed by atoms with Crippen molar-refractivity contribution in [3.63, 3.8) is 0 Å². The van der Waals surface area contributed by atoms with Crippen molar-refractivity contribution in [3.8, 4) is 0 Å². The van der Waals surface area contributed by atoms with Crippen LogP contribution in [0, 0.1) is 6.92 Å². The average Bonchev–Trinajstić information content (AvgIpc) is 2.67. The van der Waals surface area contributed by atoms with Gasteiger partial charge in [-0.1, -0.05) is 0 Å². The first-order chi connectivity index (χ1) is 13.0. The summed E-state index contributed by atoms with van der Waals surface area (Å²) in [5, 5.41) is 5.96. The summed E-state index contributed by atoms with van der Waals surface area (Å²) in [5.74, 6) is 0.690. The molecule has 2 N–H and O–H groups in total. The minimum absolute atomic E-state index is 0.0239. The van der Waals surface area contributed by atoms with Crippen molar-refractivity contribution < 1.29 is 9.59 Å². The topological polar surface area (TPSA) is 96.9 Å². The van der Waals surface area contributed by atoms with Crippen LogP contribution in [0.5, 0.6) is 0 Å². The summed E-state index contributed by atoms with van der Waals surface area (Å²) in [7, 11) is 0. The van der Waals surface area contributed by atoms with E-state index in [0.29, 0.717) is 29.4 Å². The van der Waals surface area contributed by atoms with E-state index in [1.807, 2.05) is 12.1 Å². The third-order valence-electron chi connectivity index (χ3n) is 3.84. The molecule has 7 heteroatoms. The summed E-state index contributed by atoms with van der Waals surface area (Å²) in [6, 6.07) is 12.1. The van der Waals surface area contributed by atoms with Crippen LogP contribution in [0.2, 0.25) is 0 Å². The van der Waals surface area contributed by atoms with E-state index >= 15 is 0 Å². The zero-order valence-electron chi connectivity index (χ0n) is 15.1. The molecule has 0 aliphatic rings. The lowest BCUT2D eigenvalue weighted by molar-refractivity contribution is 0.101. The van der Waals surface area contributed by atoms with Crippen molar-refractivity contribution in [3.05, 3.63) is 77.5 Å². The summed E-state index contributed by atoms with van der Waals surface area (Å²) < 4.78 is 0. The Morgan fingerprint density at radius 3 is 2.37 bits per heavy atom. The summed E-state index contributed by atoms with van der Waals surface area (Å²) in [6.07, 6.45) is 3.44. The third-order valence-corrected chi connectivity index (χ3v) is 3.84. The minimum atomic E-state index is -0.344. The fourth-order valence-electron chi connectivity index (χ4n) is 2.45. The van der Waals surface area contributed by atoms with Gasteiger partial charge in [0.25, 0.3) is 5.91 Å². The molecule has 2 heterocycles. The van der Waals surface area contributed by atoms with E-state index in [4.69, 9.17) is 0 Å². The van der Waals surface area contributed by atoms with Crippen molar-refractivity contribution in [1.82, 2.24) is 15.0 Å². The van der Waals surface area contributed by atoms with Crippen LogP contribution in [-0.2, 0) is 6.54 Å². The molecule has 0 aliphatic carbocycles. The van der Waals surface area contributed by atoms with Crippen LogP contribution >= 0.6 is 0 Å². The molecule has 27 heavy (non-hydrogen) atoms. The molecular weight excluding hydrogens is 342 g/mol. The van der Waals surface area contributed by atoms with Crippen LogP contribution in [0.25, 0.3) is 0 Å². The van der Waals surface area contributed by atoms with Crippen molar-refractivity contribution >= 4 is 23.2 Å². The number of nitrogens with zero attached hydrogens (tertiary/aromatic N) is 3. The van der Waals surface area contributed by atoms with E-state index in [0.717, 1.165) is 5.56 Å². The molecule has 7 nitrogen and oxygen atoms in total. The molecule has 0 saturated heterocycles. The number of nitrogens with one attached hydrogen (secondary N) is 2. The molecule has 0 unspecified atom stereocenters. The predicted octanol–water partition coefficient (Wildman–Crippen LogP) is 3.25. The molecule has 0 saturated carbocycles. The molecule has 3 rings (SSSR count). The molecule has 0 fully saturated rings. The fourth-order valence-corrected chi connectivity index (χ4v) is 2.45. The van der Waals surface area contributed by atoms with E-state index in [2.05, 4.69) is 25.6 Å². The van der Waals surface area contributed by atoms with E-state index in [-0.39, 0.29) is 17.4 Å². The minimum Gasteiger partial charge on any atom is -0.366 e. The number of Topliss-reactive ketones (excluding diaryl/α,β-unsaturated/α-hetero) is 1. The van der Waals surface area contributed by atoms with Crippen molar-refractivity contribution in [1.29, 1.82) is 0 Å². The highest BCUT2D eigenvalue weighted by atomic mass is 16.2. The van der Waals surface area contributed by atoms with E-state index in [9.17, 15) is 9.59 Å². The highest BCUT2D eigenvalue weighted by Crippen LogP contribution is 2.13. The number of hydrogen-bond donors (Lipinski definition) is 2. The largest absolute Gasteiger partial charge is 0.366 e. The first-order valence-corrected chi connectivity index (χ1v) is 8.42. The summed E-state index contributed by atoms with van der Waals surface area (Å²) in [4.78, 5) is 36.3. The Bertz CT molecular complexity index is 956. The molecule has 0 bridgehead atoms. The molecule has 1 aromatic carbocycles. The Kier molecular flexibility index (Phi) is 5.51. The molecule has 0 radical (unpaired) electrons. The number of carbonyl (C=O) groups is 2. The number of hydrogen-bond acceptors (Lipinski definition) is 6. The number of carbonyl (C=O) groups excluding carboxylic acids is 2. The Labute approximate surface area is 156 Å². The number of benzene rings is 1. The van der Waals surface area contributed by atoms with Gasteiger partial charge in [-0.2, -0.15) is 0 Å². The van der Waals surface area contributed by atoms with Crippen molar-refractivity contribution in [2.75, 3.05) is 10.6 Å². The molecule has 0 aliphatic heterocycles. The monoisotopic (exact) mass is 361 g/mol. The second kappa shape index (κ2) is 8.18. The smallest absolute Gasteiger partial charge is 0.274 e. The second-order valence-electron chi connectivity index (χ2n) is 5.98. The Morgan fingerprint density at radius 1 is 1.00 bits per heavy atom. The SMILES string of the molecule is CC(=O)c1ccc(NC(=O)c2cc(NCc3ccncc3)nc(C)n2)cc1. The highest BCUT2D eigenvalue weighted by Gasteiger charge is 2.11. The fraction of sp³-hybridized carbons (Fsp3) is 0.150. The van der Waals surface area contributed by atoms with Gasteiger partial charge in [0.2, 0.25) is 0 Å². The van der Waals surface area contributed by atoms with Crippen LogP contribution in [0.4, 0.5) is 11.5 Å². The lowest BCUT2D eigenvalue weighted by Gasteiger charge is -2.09. The maximum Gasteiger partial charge on any atom is 0.274 e. The van der Waals surface area contributed by atoms with Crippen molar-refractivity contribution in [2.24, 2.45) is 0 Å². The average molecular weight is 361 g/mol. The van der Waals surface area contributed by atoms with Crippen LogP contribution in [0.15, 0.2) is 54.9 Å². The van der Waals surface area contributed by atoms with Gasteiger partial charge >= 0.3 is 0 Å². The number of amides is 1. The number of rotatable bonds is 6. The van der Waals surface area contributed by atoms with Gasteiger partial charge in [0.05, 0.1) is 0 Å². The summed E-state index contributed by atoms with van der Waals surface area (Å²) in [5.41, 5.74) is 2.49. The number of anilines is 2. The van der Waals surface area contributed by atoms with Gasteiger partial charge in [-0.3, -0.25) is 14.6 Å². The number of pyridine rings is 1. The van der Waals surface area contributed by atoms with Gasteiger partial charge in [0.1, 0.15) is 17.3 Å². The summed E-state index contributed by atoms with van der Waals surface area (Å²) in [6.45, 7) is 3.79. The first kappa shape index (κ1) is 18.2.